The van der Waals surface area contributed by atoms with Crippen LogP contribution in [0.3, 0.4) is 0 Å². The monoisotopic (exact) mass is 337 g/mol. The second-order valence-electron chi connectivity index (χ2n) is 4.19. The number of benzene rings is 2. The first-order chi connectivity index (χ1) is 10.1. The molecule has 0 unspecified atom stereocenters. The Balaban J connectivity index is 2.03. The van der Waals surface area contributed by atoms with Crippen LogP contribution >= 0.6 is 34.7 Å². The summed E-state index contributed by atoms with van der Waals surface area (Å²) in [7, 11) is 0. The first-order valence-electron chi connectivity index (χ1n) is 6.01. The van der Waals surface area contributed by atoms with Crippen molar-refractivity contribution in [1.29, 1.82) is 0 Å². The molecule has 0 radical (unpaired) electrons. The smallest absolute Gasteiger partial charge is 0.323 e. The average Bonchev–Trinajstić information content (AvgIpc) is 2.83. The number of halogens is 2. The van der Waals surface area contributed by atoms with E-state index in [0.717, 1.165) is 11.5 Å². The molecule has 0 aliphatic heterocycles. The van der Waals surface area contributed by atoms with Gasteiger partial charge in [-0.15, -0.1) is 0 Å². The molecule has 0 bridgehead atoms. The second kappa shape index (κ2) is 5.89. The van der Waals surface area contributed by atoms with Gasteiger partial charge in [-0.3, -0.25) is 4.79 Å². The Morgan fingerprint density at radius 2 is 1.76 bits per heavy atom. The zero-order chi connectivity index (χ0) is 14.8. The highest BCUT2D eigenvalue weighted by atomic mass is 35.5. The molecule has 4 nitrogen and oxygen atoms in total. The Morgan fingerprint density at radius 3 is 2.48 bits per heavy atom. The van der Waals surface area contributed by atoms with Crippen LogP contribution in [0.1, 0.15) is 0 Å². The molecule has 0 amide bonds. The van der Waals surface area contributed by atoms with Gasteiger partial charge in [0.2, 0.25) is 5.95 Å². The van der Waals surface area contributed by atoms with Gasteiger partial charge in [0.15, 0.2) is 0 Å². The van der Waals surface area contributed by atoms with E-state index in [1.165, 1.54) is 4.57 Å². The van der Waals surface area contributed by atoms with Crippen LogP contribution in [0.2, 0.25) is 10.0 Å². The summed E-state index contributed by atoms with van der Waals surface area (Å²) < 4.78 is 5.62. The maximum absolute atomic E-state index is 12.0. The minimum absolute atomic E-state index is 0.188. The van der Waals surface area contributed by atoms with Crippen molar-refractivity contribution in [3.8, 4) is 5.69 Å². The maximum atomic E-state index is 12.0. The van der Waals surface area contributed by atoms with Crippen LogP contribution in [0, 0.1) is 0 Å². The van der Waals surface area contributed by atoms with Gasteiger partial charge in [-0.1, -0.05) is 35.3 Å². The molecule has 3 rings (SSSR count). The first-order valence-corrected chi connectivity index (χ1v) is 7.54. The highest BCUT2D eigenvalue weighted by Gasteiger charge is 2.12. The van der Waals surface area contributed by atoms with E-state index in [-0.39, 0.29) is 4.87 Å². The molecule has 0 atom stereocenters. The van der Waals surface area contributed by atoms with E-state index in [9.17, 15) is 4.79 Å². The van der Waals surface area contributed by atoms with Crippen LogP contribution in [0.4, 0.5) is 11.6 Å². The Bertz CT molecular complexity index is 827. The molecule has 1 heterocycles. The summed E-state index contributed by atoms with van der Waals surface area (Å²) >= 11 is 12.9. The fourth-order valence-electron chi connectivity index (χ4n) is 1.83. The number of nitrogens with zero attached hydrogens (tertiary/aromatic N) is 2. The van der Waals surface area contributed by atoms with Crippen molar-refractivity contribution in [2.45, 2.75) is 0 Å². The molecule has 0 fully saturated rings. The van der Waals surface area contributed by atoms with Gasteiger partial charge in [-0.2, -0.15) is 4.37 Å². The molecule has 2 aromatic carbocycles. The lowest BCUT2D eigenvalue weighted by molar-refractivity contribution is 1.03. The molecule has 106 valence electrons. The summed E-state index contributed by atoms with van der Waals surface area (Å²) in [5.41, 5.74) is 1.37. The van der Waals surface area contributed by atoms with Crippen molar-refractivity contribution in [1.82, 2.24) is 8.94 Å². The van der Waals surface area contributed by atoms with Crippen LogP contribution < -0.4 is 10.2 Å². The van der Waals surface area contributed by atoms with Crippen molar-refractivity contribution in [2.75, 3.05) is 5.32 Å². The van der Waals surface area contributed by atoms with Crippen molar-refractivity contribution >= 4 is 46.4 Å². The Kier molecular flexibility index (Phi) is 3.96. The largest absolute Gasteiger partial charge is 0.332 e. The highest BCUT2D eigenvalue weighted by molar-refractivity contribution is 7.03. The summed E-state index contributed by atoms with van der Waals surface area (Å²) in [6, 6.07) is 14.2. The second-order valence-corrected chi connectivity index (χ2v) is 5.75. The van der Waals surface area contributed by atoms with Gasteiger partial charge >= 0.3 is 4.87 Å². The van der Waals surface area contributed by atoms with Crippen molar-refractivity contribution in [2.24, 2.45) is 0 Å². The van der Waals surface area contributed by atoms with Crippen LogP contribution in [0.5, 0.6) is 0 Å². The van der Waals surface area contributed by atoms with E-state index in [1.807, 2.05) is 18.2 Å². The Labute approximate surface area is 134 Å². The maximum Gasteiger partial charge on any atom is 0.332 e. The van der Waals surface area contributed by atoms with Crippen LogP contribution in [-0.4, -0.2) is 8.94 Å². The van der Waals surface area contributed by atoms with Crippen LogP contribution in [0.25, 0.3) is 5.69 Å². The van der Waals surface area contributed by atoms with E-state index in [0.29, 0.717) is 27.4 Å². The fourth-order valence-corrected chi connectivity index (χ4v) is 2.70. The fraction of sp³-hybridized carbons (Fsp3) is 0. The lowest BCUT2D eigenvalue weighted by atomic mass is 10.3. The summed E-state index contributed by atoms with van der Waals surface area (Å²) in [5, 5.41) is 4.24. The highest BCUT2D eigenvalue weighted by Crippen LogP contribution is 2.25. The quantitative estimate of drug-likeness (QED) is 0.773. The predicted molar refractivity (Wildman–Crippen MR) is 87.5 cm³/mol. The molecule has 1 N–H and O–H groups in total. The van der Waals surface area contributed by atoms with Crippen molar-refractivity contribution in [3.05, 3.63) is 68.2 Å². The van der Waals surface area contributed by atoms with Gasteiger partial charge in [0.1, 0.15) is 0 Å². The molecule has 21 heavy (non-hydrogen) atoms. The third-order valence-electron chi connectivity index (χ3n) is 2.81. The van der Waals surface area contributed by atoms with Gasteiger partial charge in [-0.25, -0.2) is 4.57 Å². The molecule has 7 heteroatoms. The summed E-state index contributed by atoms with van der Waals surface area (Å²) in [5.74, 6) is 0.417. The summed E-state index contributed by atoms with van der Waals surface area (Å²) in [6.07, 6.45) is 0. The van der Waals surface area contributed by atoms with Gasteiger partial charge in [0.25, 0.3) is 0 Å². The number of nitrogens with one attached hydrogen (secondary N) is 1. The number of para-hydroxylation sites is 1. The first kappa shape index (κ1) is 14.1. The van der Waals surface area contributed by atoms with Crippen molar-refractivity contribution in [3.63, 3.8) is 0 Å². The Morgan fingerprint density at radius 1 is 1.05 bits per heavy atom. The SMILES string of the molecule is O=c1snc(Nc2ccccc2Cl)n1-c1ccc(Cl)cc1. The molecule has 0 aliphatic carbocycles. The third-order valence-corrected chi connectivity index (χ3v) is 3.99. The molecule has 1 aromatic heterocycles. The third kappa shape index (κ3) is 2.95. The van der Waals surface area contributed by atoms with E-state index in [2.05, 4.69) is 9.69 Å². The summed E-state index contributed by atoms with van der Waals surface area (Å²) in [4.78, 5) is 11.8. The van der Waals surface area contributed by atoms with E-state index in [4.69, 9.17) is 23.2 Å². The normalized spacial score (nSPS) is 10.6. The Hall–Kier alpha value is -1.82. The van der Waals surface area contributed by atoms with Crippen LogP contribution in [-0.2, 0) is 0 Å². The average molecular weight is 338 g/mol. The van der Waals surface area contributed by atoms with Gasteiger partial charge < -0.3 is 5.32 Å². The zero-order valence-corrected chi connectivity index (χ0v) is 12.9. The molecule has 0 aliphatic rings. The minimum Gasteiger partial charge on any atom is -0.323 e. The predicted octanol–water partition coefficient (Wildman–Crippen LogP) is 4.34. The lowest BCUT2D eigenvalue weighted by Crippen LogP contribution is -2.13. The lowest BCUT2D eigenvalue weighted by Gasteiger charge is -2.09. The molecular formula is C14H9Cl2N3OS. The molecule has 3 aromatic rings. The number of aromatic nitrogens is 2. The number of hydrogen-bond acceptors (Lipinski definition) is 4. The summed E-state index contributed by atoms with van der Waals surface area (Å²) in [6.45, 7) is 0. The number of hydrogen-bond donors (Lipinski definition) is 1. The molecular weight excluding hydrogens is 329 g/mol. The number of rotatable bonds is 3. The van der Waals surface area contributed by atoms with Crippen molar-refractivity contribution < 1.29 is 0 Å². The molecule has 0 spiro atoms. The zero-order valence-electron chi connectivity index (χ0n) is 10.6. The van der Waals surface area contributed by atoms with Gasteiger partial charge in [0.05, 0.1) is 16.4 Å². The van der Waals surface area contributed by atoms with E-state index >= 15 is 0 Å². The van der Waals surface area contributed by atoms with Gasteiger partial charge in [-0.05, 0) is 36.4 Å². The molecule has 0 saturated carbocycles. The van der Waals surface area contributed by atoms with E-state index in [1.54, 1.807) is 30.3 Å². The standard InChI is InChI=1S/C14H9Cl2N3OS/c15-9-5-7-10(8-6-9)19-13(18-21-14(19)20)17-12-4-2-1-3-11(12)16/h1-8H,(H,17,18). The molecule has 0 saturated heterocycles. The minimum atomic E-state index is -0.188. The number of anilines is 2. The van der Waals surface area contributed by atoms with E-state index < -0.39 is 0 Å². The van der Waals surface area contributed by atoms with Gasteiger partial charge in [0, 0.05) is 16.6 Å². The topological polar surface area (TPSA) is 46.9 Å². The van der Waals surface area contributed by atoms with Crippen LogP contribution in [0.15, 0.2) is 53.3 Å².